The van der Waals surface area contributed by atoms with Crippen LogP contribution in [0.5, 0.6) is 5.75 Å². The first-order valence-electron chi connectivity index (χ1n) is 6.46. The molecule has 0 aliphatic carbocycles. The Morgan fingerprint density at radius 2 is 2.00 bits per heavy atom. The highest BCUT2D eigenvalue weighted by molar-refractivity contribution is 6.02. The number of carbonyl (C=O) groups is 2. The molecule has 0 aromatic heterocycles. The molecule has 0 amide bonds. The Balaban J connectivity index is 2.90. The lowest BCUT2D eigenvalue weighted by Crippen LogP contribution is -2.35. The molecule has 0 fully saturated rings. The van der Waals surface area contributed by atoms with Crippen molar-refractivity contribution in [2.45, 2.75) is 25.8 Å². The second kappa shape index (κ2) is 7.65. The summed E-state index contributed by atoms with van der Waals surface area (Å²) in [5, 5.41) is 2.94. The van der Waals surface area contributed by atoms with Crippen molar-refractivity contribution in [2.75, 3.05) is 21.3 Å². The predicted molar refractivity (Wildman–Crippen MR) is 76.2 cm³/mol. The Bertz CT molecular complexity index is 485. The highest BCUT2D eigenvalue weighted by Gasteiger charge is 2.22. The largest absolute Gasteiger partial charge is 0.496 e. The normalized spacial score (nSPS) is 11.8. The molecule has 1 aromatic carbocycles. The monoisotopic (exact) mass is 279 g/mol. The minimum Gasteiger partial charge on any atom is -0.496 e. The van der Waals surface area contributed by atoms with Crippen LogP contribution < -0.4 is 10.1 Å². The summed E-state index contributed by atoms with van der Waals surface area (Å²) < 4.78 is 9.81. The van der Waals surface area contributed by atoms with E-state index in [1.165, 1.54) is 14.2 Å². The molecule has 20 heavy (non-hydrogen) atoms. The van der Waals surface area contributed by atoms with Gasteiger partial charge in [0, 0.05) is 6.42 Å². The van der Waals surface area contributed by atoms with E-state index >= 15 is 0 Å². The van der Waals surface area contributed by atoms with Crippen LogP contribution in [0.1, 0.15) is 28.8 Å². The Kier molecular flexibility index (Phi) is 6.18. The van der Waals surface area contributed by atoms with E-state index in [2.05, 4.69) is 10.1 Å². The summed E-state index contributed by atoms with van der Waals surface area (Å²) in [7, 11) is 4.56. The fourth-order valence-corrected chi connectivity index (χ4v) is 1.97. The average Bonchev–Trinajstić information content (AvgIpc) is 2.47. The van der Waals surface area contributed by atoms with Gasteiger partial charge in [-0.2, -0.15) is 0 Å². The molecule has 110 valence electrons. The van der Waals surface area contributed by atoms with E-state index < -0.39 is 6.04 Å². The number of nitrogens with one attached hydrogen (secondary N) is 1. The summed E-state index contributed by atoms with van der Waals surface area (Å²) in [5.41, 5.74) is 1.51. The maximum absolute atomic E-state index is 12.5. The standard InChI is InChI=1S/C15H21NO4/c1-10-5-7-13(19-3)11(9-10)15(18)12(16-2)6-8-14(17)20-4/h5,7,9,12,16H,6,8H2,1-4H3. The Morgan fingerprint density at radius 3 is 2.55 bits per heavy atom. The van der Waals surface area contributed by atoms with Crippen LogP contribution in [-0.2, 0) is 9.53 Å². The van der Waals surface area contributed by atoms with Crippen molar-refractivity contribution >= 4 is 11.8 Å². The van der Waals surface area contributed by atoms with Gasteiger partial charge in [0.05, 0.1) is 25.8 Å². The first-order chi connectivity index (χ1) is 9.53. The van der Waals surface area contributed by atoms with E-state index in [4.69, 9.17) is 4.74 Å². The number of benzene rings is 1. The number of methoxy groups -OCH3 is 2. The van der Waals surface area contributed by atoms with Crippen LogP contribution in [0.15, 0.2) is 18.2 Å². The molecular formula is C15H21NO4. The van der Waals surface area contributed by atoms with Crippen molar-refractivity contribution in [3.63, 3.8) is 0 Å². The molecule has 0 saturated heterocycles. The third-order valence-corrected chi connectivity index (χ3v) is 3.15. The van der Waals surface area contributed by atoms with Gasteiger partial charge in [-0.15, -0.1) is 0 Å². The lowest BCUT2D eigenvalue weighted by molar-refractivity contribution is -0.140. The zero-order valence-electron chi connectivity index (χ0n) is 12.4. The van der Waals surface area contributed by atoms with Crippen molar-refractivity contribution in [3.8, 4) is 5.75 Å². The van der Waals surface area contributed by atoms with Gasteiger partial charge in [-0.05, 0) is 32.5 Å². The summed E-state index contributed by atoms with van der Waals surface area (Å²) in [4.78, 5) is 23.7. The topological polar surface area (TPSA) is 64.6 Å². The maximum atomic E-state index is 12.5. The molecule has 0 saturated carbocycles. The Morgan fingerprint density at radius 1 is 1.30 bits per heavy atom. The minimum atomic E-state index is -0.440. The summed E-state index contributed by atoms with van der Waals surface area (Å²) >= 11 is 0. The van der Waals surface area contributed by atoms with Crippen molar-refractivity contribution in [1.29, 1.82) is 0 Å². The van der Waals surface area contributed by atoms with Crippen LogP contribution in [0.25, 0.3) is 0 Å². The zero-order chi connectivity index (χ0) is 15.1. The molecule has 0 bridgehead atoms. The highest BCUT2D eigenvalue weighted by Crippen LogP contribution is 2.22. The smallest absolute Gasteiger partial charge is 0.305 e. The van der Waals surface area contributed by atoms with Crippen LogP contribution in [-0.4, -0.2) is 39.1 Å². The van der Waals surface area contributed by atoms with Crippen LogP contribution in [0.3, 0.4) is 0 Å². The number of ketones is 1. The lowest BCUT2D eigenvalue weighted by Gasteiger charge is -2.16. The van der Waals surface area contributed by atoms with Crippen molar-refractivity contribution in [3.05, 3.63) is 29.3 Å². The number of ether oxygens (including phenoxy) is 2. The van der Waals surface area contributed by atoms with Gasteiger partial charge in [-0.25, -0.2) is 0 Å². The second-order valence-corrected chi connectivity index (χ2v) is 4.52. The van der Waals surface area contributed by atoms with Crippen molar-refractivity contribution in [2.24, 2.45) is 0 Å². The molecule has 1 rings (SSSR count). The maximum Gasteiger partial charge on any atom is 0.305 e. The highest BCUT2D eigenvalue weighted by atomic mass is 16.5. The second-order valence-electron chi connectivity index (χ2n) is 4.52. The Labute approximate surface area is 119 Å². The molecule has 1 N–H and O–H groups in total. The summed E-state index contributed by atoms with van der Waals surface area (Å²) in [6.07, 6.45) is 0.584. The van der Waals surface area contributed by atoms with Gasteiger partial charge in [0.15, 0.2) is 5.78 Å². The molecule has 0 spiro atoms. The van der Waals surface area contributed by atoms with Gasteiger partial charge in [-0.1, -0.05) is 11.6 Å². The van der Waals surface area contributed by atoms with Crippen LogP contribution >= 0.6 is 0 Å². The third kappa shape index (κ3) is 4.06. The third-order valence-electron chi connectivity index (χ3n) is 3.15. The van der Waals surface area contributed by atoms with E-state index in [-0.39, 0.29) is 18.2 Å². The summed E-state index contributed by atoms with van der Waals surface area (Å²) in [6, 6.07) is 5.02. The van der Waals surface area contributed by atoms with Crippen LogP contribution in [0.2, 0.25) is 0 Å². The molecule has 1 aromatic rings. The van der Waals surface area contributed by atoms with E-state index in [0.717, 1.165) is 5.56 Å². The van der Waals surface area contributed by atoms with E-state index in [0.29, 0.717) is 17.7 Å². The molecule has 1 unspecified atom stereocenters. The van der Waals surface area contributed by atoms with Gasteiger partial charge in [0.1, 0.15) is 5.75 Å². The van der Waals surface area contributed by atoms with Gasteiger partial charge < -0.3 is 14.8 Å². The fourth-order valence-electron chi connectivity index (χ4n) is 1.97. The molecule has 0 radical (unpaired) electrons. The molecular weight excluding hydrogens is 258 g/mol. The SMILES string of the molecule is CNC(CCC(=O)OC)C(=O)c1cc(C)ccc1OC. The number of carbonyl (C=O) groups excluding carboxylic acids is 2. The lowest BCUT2D eigenvalue weighted by atomic mass is 9.98. The Hall–Kier alpha value is -1.88. The zero-order valence-corrected chi connectivity index (χ0v) is 12.4. The summed E-state index contributed by atoms with van der Waals surface area (Å²) in [5.74, 6) is 0.130. The predicted octanol–water partition coefficient (Wildman–Crippen LogP) is 1.73. The van der Waals surface area contributed by atoms with Crippen molar-refractivity contribution < 1.29 is 19.1 Å². The number of hydrogen-bond donors (Lipinski definition) is 1. The van der Waals surface area contributed by atoms with Crippen LogP contribution in [0.4, 0.5) is 0 Å². The average molecular weight is 279 g/mol. The number of rotatable bonds is 7. The van der Waals surface area contributed by atoms with E-state index in [1.807, 2.05) is 13.0 Å². The molecule has 1 atom stereocenters. The van der Waals surface area contributed by atoms with E-state index in [9.17, 15) is 9.59 Å². The molecule has 0 aliphatic heterocycles. The fraction of sp³-hybridized carbons (Fsp3) is 0.467. The number of aryl methyl sites for hydroxylation is 1. The van der Waals surface area contributed by atoms with Crippen molar-refractivity contribution in [1.82, 2.24) is 5.32 Å². The van der Waals surface area contributed by atoms with Gasteiger partial charge in [-0.3, -0.25) is 9.59 Å². The van der Waals surface area contributed by atoms with Gasteiger partial charge in [0.2, 0.25) is 0 Å². The van der Waals surface area contributed by atoms with E-state index in [1.54, 1.807) is 19.2 Å². The summed E-state index contributed by atoms with van der Waals surface area (Å²) in [6.45, 7) is 1.92. The molecule has 0 aliphatic rings. The number of Topliss-reactive ketones (excluding diaryl/α,β-unsaturated/α-hetero) is 1. The quantitative estimate of drug-likeness (QED) is 0.608. The first-order valence-corrected chi connectivity index (χ1v) is 6.46. The molecule has 5 nitrogen and oxygen atoms in total. The number of hydrogen-bond acceptors (Lipinski definition) is 5. The van der Waals surface area contributed by atoms with Gasteiger partial charge in [0.25, 0.3) is 0 Å². The van der Waals surface area contributed by atoms with Crippen LogP contribution in [0, 0.1) is 6.92 Å². The number of likely N-dealkylation sites (N-methyl/N-ethyl adjacent to an activating group) is 1. The molecule has 0 heterocycles. The minimum absolute atomic E-state index is 0.0862. The molecule has 5 heteroatoms. The number of esters is 1. The van der Waals surface area contributed by atoms with Gasteiger partial charge >= 0.3 is 5.97 Å². The first kappa shape index (κ1) is 16.2.